The minimum Gasteiger partial charge on any atom is -0.271 e. The maximum absolute atomic E-state index is 5.79. The number of pyridine rings is 1. The van der Waals surface area contributed by atoms with E-state index in [1.54, 1.807) is 0 Å². The van der Waals surface area contributed by atoms with Crippen molar-refractivity contribution in [2.24, 2.45) is 12.9 Å². The first-order chi connectivity index (χ1) is 9.70. The molecule has 1 atom stereocenters. The van der Waals surface area contributed by atoms with Crippen molar-refractivity contribution >= 4 is 10.8 Å². The number of aromatic nitrogens is 3. The smallest absolute Gasteiger partial charge is 0.0899 e. The summed E-state index contributed by atoms with van der Waals surface area (Å²) in [7, 11) is 1.92. The summed E-state index contributed by atoms with van der Waals surface area (Å²) in [6.45, 7) is 1.97. The molecule has 0 aliphatic heterocycles. The van der Waals surface area contributed by atoms with Gasteiger partial charge in [0.1, 0.15) is 0 Å². The van der Waals surface area contributed by atoms with Crippen LogP contribution in [-0.2, 0) is 7.05 Å². The number of nitrogens with one attached hydrogen (secondary N) is 1. The second kappa shape index (κ2) is 5.03. The molecule has 3 aromatic rings. The van der Waals surface area contributed by atoms with Gasteiger partial charge < -0.3 is 0 Å². The normalized spacial score (nSPS) is 12.8. The molecule has 0 saturated heterocycles. The fourth-order valence-electron chi connectivity index (χ4n) is 2.61. The number of aryl methyl sites for hydroxylation is 2. The Morgan fingerprint density at radius 2 is 2.05 bits per heavy atom. The van der Waals surface area contributed by atoms with Crippen LogP contribution in [0.2, 0.25) is 0 Å². The topological polar surface area (TPSA) is 68.8 Å². The summed E-state index contributed by atoms with van der Waals surface area (Å²) in [5, 5.41) is 6.63. The molecular formula is C15H17N5. The van der Waals surface area contributed by atoms with Crippen LogP contribution < -0.4 is 11.3 Å². The molecule has 5 heteroatoms. The molecule has 0 amide bonds. The Bertz CT molecular complexity index is 742. The predicted molar refractivity (Wildman–Crippen MR) is 78.9 cm³/mol. The number of nitrogens with two attached hydrogens (primary N) is 1. The lowest BCUT2D eigenvalue weighted by Gasteiger charge is -2.18. The molecule has 1 unspecified atom stereocenters. The SMILES string of the molecule is Cc1cc(C(NN)c2cncc3ccccc23)n(C)n1. The number of fused-ring (bicyclic) bond motifs is 1. The number of nitrogens with zero attached hydrogens (tertiary/aromatic N) is 3. The molecule has 0 saturated carbocycles. The van der Waals surface area contributed by atoms with Gasteiger partial charge in [0.25, 0.3) is 0 Å². The molecule has 2 aromatic heterocycles. The van der Waals surface area contributed by atoms with Gasteiger partial charge in [-0.25, -0.2) is 5.43 Å². The van der Waals surface area contributed by atoms with Crippen LogP contribution in [-0.4, -0.2) is 14.8 Å². The standard InChI is InChI=1S/C15H17N5/c1-10-7-14(20(2)19-10)15(18-16)13-9-17-8-11-5-3-4-6-12(11)13/h3-9,15,18H,16H2,1-2H3. The zero-order chi connectivity index (χ0) is 14.1. The summed E-state index contributed by atoms with van der Waals surface area (Å²) in [5.41, 5.74) is 5.92. The number of benzene rings is 1. The Kier molecular flexibility index (Phi) is 3.22. The molecule has 5 nitrogen and oxygen atoms in total. The highest BCUT2D eigenvalue weighted by Gasteiger charge is 2.19. The van der Waals surface area contributed by atoms with E-state index < -0.39 is 0 Å². The maximum atomic E-state index is 5.79. The number of rotatable bonds is 3. The number of hydrogen-bond donors (Lipinski definition) is 2. The molecule has 0 spiro atoms. The quantitative estimate of drug-likeness (QED) is 0.561. The largest absolute Gasteiger partial charge is 0.271 e. The van der Waals surface area contributed by atoms with Gasteiger partial charge in [0.05, 0.1) is 17.4 Å². The van der Waals surface area contributed by atoms with Crippen molar-refractivity contribution in [3.05, 3.63) is 59.7 Å². The molecular weight excluding hydrogens is 250 g/mol. The predicted octanol–water partition coefficient (Wildman–Crippen LogP) is 1.83. The van der Waals surface area contributed by atoms with Gasteiger partial charge in [-0.1, -0.05) is 24.3 Å². The molecule has 1 aromatic carbocycles. The molecule has 20 heavy (non-hydrogen) atoms. The zero-order valence-electron chi connectivity index (χ0n) is 11.5. The highest BCUT2D eigenvalue weighted by atomic mass is 15.3. The third-order valence-electron chi connectivity index (χ3n) is 3.51. The van der Waals surface area contributed by atoms with Crippen LogP contribution in [0.3, 0.4) is 0 Å². The molecule has 102 valence electrons. The van der Waals surface area contributed by atoms with Gasteiger partial charge >= 0.3 is 0 Å². The summed E-state index contributed by atoms with van der Waals surface area (Å²) in [6.07, 6.45) is 3.72. The molecule has 3 rings (SSSR count). The molecule has 0 fully saturated rings. The third-order valence-corrected chi connectivity index (χ3v) is 3.51. The van der Waals surface area contributed by atoms with Gasteiger partial charge in [-0.15, -0.1) is 0 Å². The second-order valence-electron chi connectivity index (χ2n) is 4.88. The van der Waals surface area contributed by atoms with Crippen molar-refractivity contribution in [2.45, 2.75) is 13.0 Å². The monoisotopic (exact) mass is 267 g/mol. The van der Waals surface area contributed by atoms with Crippen LogP contribution in [0.25, 0.3) is 10.8 Å². The van der Waals surface area contributed by atoms with E-state index in [-0.39, 0.29) is 6.04 Å². The van der Waals surface area contributed by atoms with Gasteiger partial charge in [-0.05, 0) is 18.4 Å². The minimum atomic E-state index is -0.139. The fraction of sp³-hybridized carbons (Fsp3) is 0.200. The summed E-state index contributed by atoms with van der Waals surface area (Å²) in [4.78, 5) is 4.32. The molecule has 0 bridgehead atoms. The van der Waals surface area contributed by atoms with Crippen LogP contribution in [0, 0.1) is 6.92 Å². The van der Waals surface area contributed by atoms with Crippen LogP contribution in [0.15, 0.2) is 42.7 Å². The van der Waals surface area contributed by atoms with Crippen molar-refractivity contribution in [1.29, 1.82) is 0 Å². The van der Waals surface area contributed by atoms with Crippen LogP contribution in [0.1, 0.15) is 23.0 Å². The molecule has 2 heterocycles. The summed E-state index contributed by atoms with van der Waals surface area (Å²) in [5.74, 6) is 5.79. The van der Waals surface area contributed by atoms with E-state index in [1.165, 1.54) is 0 Å². The maximum Gasteiger partial charge on any atom is 0.0899 e. The minimum absolute atomic E-state index is 0.139. The van der Waals surface area contributed by atoms with Gasteiger partial charge in [0, 0.05) is 30.4 Å². The van der Waals surface area contributed by atoms with Crippen LogP contribution in [0.5, 0.6) is 0 Å². The van der Waals surface area contributed by atoms with E-state index in [9.17, 15) is 0 Å². The highest BCUT2D eigenvalue weighted by molar-refractivity contribution is 5.85. The average molecular weight is 267 g/mol. The fourth-order valence-corrected chi connectivity index (χ4v) is 2.61. The first-order valence-corrected chi connectivity index (χ1v) is 6.50. The van der Waals surface area contributed by atoms with Gasteiger partial charge in [0.2, 0.25) is 0 Å². The lowest BCUT2D eigenvalue weighted by molar-refractivity contribution is 0.576. The molecule has 0 aliphatic rings. The van der Waals surface area contributed by atoms with Crippen molar-refractivity contribution in [1.82, 2.24) is 20.2 Å². The molecule has 3 N–H and O–H groups in total. The van der Waals surface area contributed by atoms with E-state index in [2.05, 4.69) is 21.6 Å². The Labute approximate surface area is 117 Å². The van der Waals surface area contributed by atoms with E-state index in [0.29, 0.717) is 0 Å². The Balaban J connectivity index is 2.19. The highest BCUT2D eigenvalue weighted by Crippen LogP contribution is 2.27. The van der Waals surface area contributed by atoms with Crippen molar-refractivity contribution < 1.29 is 0 Å². The Morgan fingerprint density at radius 3 is 2.75 bits per heavy atom. The van der Waals surface area contributed by atoms with Crippen LogP contribution >= 0.6 is 0 Å². The van der Waals surface area contributed by atoms with E-state index in [0.717, 1.165) is 27.7 Å². The van der Waals surface area contributed by atoms with Crippen molar-refractivity contribution in [3.8, 4) is 0 Å². The van der Waals surface area contributed by atoms with Crippen molar-refractivity contribution in [2.75, 3.05) is 0 Å². The first kappa shape index (κ1) is 12.8. The number of hydrazine groups is 1. The Hall–Kier alpha value is -2.24. The van der Waals surface area contributed by atoms with E-state index >= 15 is 0 Å². The van der Waals surface area contributed by atoms with Crippen molar-refractivity contribution in [3.63, 3.8) is 0 Å². The molecule has 0 radical (unpaired) electrons. The van der Waals surface area contributed by atoms with Crippen LogP contribution in [0.4, 0.5) is 0 Å². The lowest BCUT2D eigenvalue weighted by Crippen LogP contribution is -2.30. The third kappa shape index (κ3) is 2.07. The summed E-state index contributed by atoms with van der Waals surface area (Å²) < 4.78 is 1.85. The summed E-state index contributed by atoms with van der Waals surface area (Å²) in [6, 6.07) is 10.1. The van der Waals surface area contributed by atoms with E-state index in [1.807, 2.05) is 55.3 Å². The lowest BCUT2D eigenvalue weighted by atomic mass is 9.99. The van der Waals surface area contributed by atoms with E-state index in [4.69, 9.17) is 5.84 Å². The zero-order valence-corrected chi connectivity index (χ0v) is 11.5. The first-order valence-electron chi connectivity index (χ1n) is 6.50. The second-order valence-corrected chi connectivity index (χ2v) is 4.88. The van der Waals surface area contributed by atoms with Gasteiger partial charge in [-0.2, -0.15) is 5.10 Å². The Morgan fingerprint density at radius 1 is 1.25 bits per heavy atom. The van der Waals surface area contributed by atoms with Gasteiger partial charge in [0.15, 0.2) is 0 Å². The van der Waals surface area contributed by atoms with Gasteiger partial charge in [-0.3, -0.25) is 15.5 Å². The average Bonchev–Trinajstić information content (AvgIpc) is 2.79. The number of hydrogen-bond acceptors (Lipinski definition) is 4. The molecule has 0 aliphatic carbocycles. The summed E-state index contributed by atoms with van der Waals surface area (Å²) >= 11 is 0.